The second-order valence-electron chi connectivity index (χ2n) is 5.89. The predicted molar refractivity (Wildman–Crippen MR) is 100 cm³/mol. The van der Waals surface area contributed by atoms with Gasteiger partial charge in [0, 0.05) is 10.5 Å². The Morgan fingerprint density at radius 2 is 1.62 bits per heavy atom. The Bertz CT molecular complexity index is 683. The van der Waals surface area contributed by atoms with Crippen molar-refractivity contribution in [2.45, 2.75) is 50.3 Å². The van der Waals surface area contributed by atoms with E-state index in [-0.39, 0.29) is 5.12 Å². The van der Waals surface area contributed by atoms with Gasteiger partial charge < -0.3 is 0 Å². The fourth-order valence-corrected chi connectivity index (χ4v) is 3.24. The molecule has 0 saturated heterocycles. The molecule has 0 aromatic heterocycles. The van der Waals surface area contributed by atoms with Gasteiger partial charge in [0.05, 0.1) is 11.6 Å². The van der Waals surface area contributed by atoms with Gasteiger partial charge in [-0.1, -0.05) is 56.9 Å². The molecule has 0 aliphatic heterocycles. The van der Waals surface area contributed by atoms with Gasteiger partial charge in [-0.05, 0) is 54.4 Å². The molecule has 2 aromatic rings. The van der Waals surface area contributed by atoms with Crippen LogP contribution in [0.1, 0.15) is 60.5 Å². The SMILES string of the molecule is CCCCCCCc1ccc(C(=O)Sc2ccc(C#N)cc2)cc1. The third-order valence-corrected chi connectivity index (χ3v) is 4.88. The Morgan fingerprint density at radius 3 is 2.25 bits per heavy atom. The van der Waals surface area contributed by atoms with Crippen LogP contribution in [0.25, 0.3) is 0 Å². The van der Waals surface area contributed by atoms with E-state index in [1.165, 1.54) is 49.4 Å². The summed E-state index contributed by atoms with van der Waals surface area (Å²) >= 11 is 1.20. The molecule has 0 unspecified atom stereocenters. The third kappa shape index (κ3) is 5.86. The number of rotatable bonds is 8. The van der Waals surface area contributed by atoms with E-state index in [1.54, 1.807) is 12.1 Å². The van der Waals surface area contributed by atoms with Crippen molar-refractivity contribution in [3.8, 4) is 6.07 Å². The molecule has 2 aromatic carbocycles. The molecule has 3 heteroatoms. The lowest BCUT2D eigenvalue weighted by atomic mass is 10.0. The van der Waals surface area contributed by atoms with E-state index >= 15 is 0 Å². The summed E-state index contributed by atoms with van der Waals surface area (Å²) in [6.45, 7) is 2.23. The van der Waals surface area contributed by atoms with Crippen LogP contribution in [0.2, 0.25) is 0 Å². The number of benzene rings is 2. The van der Waals surface area contributed by atoms with Gasteiger partial charge in [-0.2, -0.15) is 5.26 Å². The smallest absolute Gasteiger partial charge is 0.224 e. The summed E-state index contributed by atoms with van der Waals surface area (Å²) in [6.07, 6.45) is 7.49. The number of nitrogens with zero attached hydrogens (tertiary/aromatic N) is 1. The van der Waals surface area contributed by atoms with Gasteiger partial charge in [-0.3, -0.25) is 4.79 Å². The summed E-state index contributed by atoms with van der Waals surface area (Å²) in [4.78, 5) is 13.2. The van der Waals surface area contributed by atoms with Crippen LogP contribution in [0.5, 0.6) is 0 Å². The minimum absolute atomic E-state index is 0.0363. The van der Waals surface area contributed by atoms with E-state index < -0.39 is 0 Å². The summed E-state index contributed by atoms with van der Waals surface area (Å²) in [5.74, 6) is 0. The van der Waals surface area contributed by atoms with Gasteiger partial charge >= 0.3 is 0 Å². The van der Waals surface area contributed by atoms with E-state index in [0.29, 0.717) is 5.56 Å². The van der Waals surface area contributed by atoms with Crippen molar-refractivity contribution in [1.82, 2.24) is 0 Å². The lowest BCUT2D eigenvalue weighted by Crippen LogP contribution is -1.94. The lowest BCUT2D eigenvalue weighted by molar-refractivity contribution is 0.108. The van der Waals surface area contributed by atoms with Crippen LogP contribution in [-0.4, -0.2) is 5.12 Å². The molecule has 0 amide bonds. The van der Waals surface area contributed by atoms with Crippen molar-refractivity contribution in [2.24, 2.45) is 0 Å². The normalized spacial score (nSPS) is 10.3. The summed E-state index contributed by atoms with van der Waals surface area (Å²) in [5.41, 5.74) is 2.63. The maximum Gasteiger partial charge on any atom is 0.224 e. The molecular formula is C21H23NOS. The Labute approximate surface area is 148 Å². The van der Waals surface area contributed by atoms with Crippen molar-refractivity contribution in [2.75, 3.05) is 0 Å². The first-order valence-electron chi connectivity index (χ1n) is 8.54. The van der Waals surface area contributed by atoms with Gasteiger partial charge in [0.1, 0.15) is 0 Å². The molecule has 24 heavy (non-hydrogen) atoms. The Balaban J connectivity index is 1.85. The summed E-state index contributed by atoms with van der Waals surface area (Å²) in [5, 5.41) is 8.83. The topological polar surface area (TPSA) is 40.9 Å². The molecule has 0 spiro atoms. The van der Waals surface area contributed by atoms with Crippen LogP contribution in [-0.2, 0) is 6.42 Å². The number of hydrogen-bond acceptors (Lipinski definition) is 3. The van der Waals surface area contributed by atoms with E-state index in [2.05, 4.69) is 25.1 Å². The number of carbonyl (C=O) groups excluding carboxylic acids is 1. The van der Waals surface area contributed by atoms with Crippen LogP contribution >= 0.6 is 11.8 Å². The fourth-order valence-electron chi connectivity index (χ4n) is 2.50. The zero-order valence-electron chi connectivity index (χ0n) is 14.1. The molecule has 124 valence electrons. The molecule has 0 bridgehead atoms. The highest BCUT2D eigenvalue weighted by Gasteiger charge is 2.08. The fraction of sp³-hybridized carbons (Fsp3) is 0.333. The van der Waals surface area contributed by atoms with Gasteiger partial charge in [-0.25, -0.2) is 0 Å². The van der Waals surface area contributed by atoms with Gasteiger partial charge in [0.15, 0.2) is 0 Å². The quantitative estimate of drug-likeness (QED) is 0.438. The molecule has 0 atom stereocenters. The first-order valence-corrected chi connectivity index (χ1v) is 9.36. The van der Waals surface area contributed by atoms with Crippen LogP contribution in [0.3, 0.4) is 0 Å². The molecule has 0 aliphatic rings. The van der Waals surface area contributed by atoms with E-state index in [0.717, 1.165) is 16.9 Å². The number of carbonyl (C=O) groups is 1. The van der Waals surface area contributed by atoms with Gasteiger partial charge in [0.2, 0.25) is 5.12 Å². The Hall–Kier alpha value is -2.05. The van der Waals surface area contributed by atoms with Gasteiger partial charge in [-0.15, -0.1) is 0 Å². The largest absolute Gasteiger partial charge is 0.281 e. The first-order chi connectivity index (χ1) is 11.7. The lowest BCUT2D eigenvalue weighted by Gasteiger charge is -2.04. The summed E-state index contributed by atoms with van der Waals surface area (Å²) in [6, 6.07) is 17.1. The maximum absolute atomic E-state index is 12.3. The molecular weight excluding hydrogens is 314 g/mol. The molecule has 0 radical (unpaired) electrons. The molecule has 0 N–H and O–H groups in total. The number of hydrogen-bond donors (Lipinski definition) is 0. The molecule has 0 fully saturated rings. The van der Waals surface area contributed by atoms with Crippen LogP contribution < -0.4 is 0 Å². The molecule has 2 nitrogen and oxygen atoms in total. The van der Waals surface area contributed by atoms with E-state index in [9.17, 15) is 4.79 Å². The third-order valence-electron chi connectivity index (χ3n) is 3.95. The number of nitriles is 1. The minimum atomic E-state index is 0.0363. The van der Waals surface area contributed by atoms with E-state index in [1.807, 2.05) is 24.3 Å². The van der Waals surface area contributed by atoms with Crippen molar-refractivity contribution >= 4 is 16.9 Å². The van der Waals surface area contributed by atoms with Crippen LogP contribution in [0.15, 0.2) is 53.4 Å². The zero-order chi connectivity index (χ0) is 17.2. The Kier molecular flexibility index (Phi) is 7.58. The van der Waals surface area contributed by atoms with Crippen LogP contribution in [0, 0.1) is 11.3 Å². The molecule has 0 aliphatic carbocycles. The van der Waals surface area contributed by atoms with Gasteiger partial charge in [0.25, 0.3) is 0 Å². The first kappa shape index (κ1) is 18.3. The monoisotopic (exact) mass is 337 g/mol. The maximum atomic E-state index is 12.3. The average molecular weight is 337 g/mol. The standard InChI is InChI=1S/C21H23NOS/c1-2-3-4-5-6-7-17-8-12-19(13-9-17)21(23)24-20-14-10-18(16-22)11-15-20/h8-15H,2-7H2,1H3. The zero-order valence-corrected chi connectivity index (χ0v) is 14.9. The average Bonchev–Trinajstić information content (AvgIpc) is 2.62. The second kappa shape index (κ2) is 9.95. The van der Waals surface area contributed by atoms with Crippen molar-refractivity contribution in [1.29, 1.82) is 5.26 Å². The van der Waals surface area contributed by atoms with Crippen molar-refractivity contribution < 1.29 is 4.79 Å². The summed E-state index contributed by atoms with van der Waals surface area (Å²) in [7, 11) is 0. The number of aryl methyl sites for hydroxylation is 1. The minimum Gasteiger partial charge on any atom is -0.281 e. The highest BCUT2D eigenvalue weighted by atomic mass is 32.2. The second-order valence-corrected chi connectivity index (χ2v) is 6.93. The number of unbranched alkanes of at least 4 members (excludes halogenated alkanes) is 4. The highest BCUT2D eigenvalue weighted by molar-refractivity contribution is 8.14. The molecule has 2 rings (SSSR count). The van der Waals surface area contributed by atoms with Crippen molar-refractivity contribution in [3.05, 3.63) is 65.2 Å². The van der Waals surface area contributed by atoms with Crippen LogP contribution in [0.4, 0.5) is 0 Å². The molecule has 0 saturated carbocycles. The predicted octanol–water partition coefficient (Wildman–Crippen LogP) is 6.00. The molecule has 0 heterocycles. The number of thioether (sulfide) groups is 1. The highest BCUT2D eigenvalue weighted by Crippen LogP contribution is 2.23. The van der Waals surface area contributed by atoms with E-state index in [4.69, 9.17) is 5.26 Å². The van der Waals surface area contributed by atoms with Crippen molar-refractivity contribution in [3.63, 3.8) is 0 Å². The summed E-state index contributed by atoms with van der Waals surface area (Å²) < 4.78 is 0. The Morgan fingerprint density at radius 1 is 0.958 bits per heavy atom.